The number of rotatable bonds is 4. The molecule has 0 bridgehead atoms. The second-order valence-electron chi connectivity index (χ2n) is 3.26. The number of amides is 1. The SMILES string of the molecule is CCCn1ccc(C(=O)Nc2nccs2)n1. The molecule has 1 N–H and O–H groups in total. The lowest BCUT2D eigenvalue weighted by atomic mass is 10.4. The van der Waals surface area contributed by atoms with Gasteiger partial charge in [0.2, 0.25) is 0 Å². The molecule has 1 amide bonds. The summed E-state index contributed by atoms with van der Waals surface area (Å²) >= 11 is 1.39. The number of anilines is 1. The minimum Gasteiger partial charge on any atom is -0.296 e. The molecule has 0 radical (unpaired) electrons. The minimum absolute atomic E-state index is 0.218. The van der Waals surface area contributed by atoms with E-state index < -0.39 is 0 Å². The number of hydrogen-bond acceptors (Lipinski definition) is 4. The Morgan fingerprint density at radius 3 is 3.19 bits per heavy atom. The predicted molar refractivity (Wildman–Crippen MR) is 62.6 cm³/mol. The van der Waals surface area contributed by atoms with Crippen LogP contribution in [0.5, 0.6) is 0 Å². The summed E-state index contributed by atoms with van der Waals surface area (Å²) < 4.78 is 1.76. The number of aryl methyl sites for hydroxylation is 1. The van der Waals surface area contributed by atoms with Gasteiger partial charge in [0, 0.05) is 24.3 Å². The third kappa shape index (κ3) is 2.46. The fourth-order valence-electron chi connectivity index (χ4n) is 1.28. The molecule has 0 aliphatic heterocycles. The summed E-state index contributed by atoms with van der Waals surface area (Å²) in [6.45, 7) is 2.89. The van der Waals surface area contributed by atoms with Crippen LogP contribution < -0.4 is 5.32 Å². The highest BCUT2D eigenvalue weighted by Crippen LogP contribution is 2.11. The summed E-state index contributed by atoms with van der Waals surface area (Å²) in [5.41, 5.74) is 0.420. The van der Waals surface area contributed by atoms with E-state index in [1.54, 1.807) is 23.1 Å². The summed E-state index contributed by atoms with van der Waals surface area (Å²) in [6, 6.07) is 1.71. The van der Waals surface area contributed by atoms with Crippen molar-refractivity contribution in [3.63, 3.8) is 0 Å². The van der Waals surface area contributed by atoms with Crippen LogP contribution in [0.2, 0.25) is 0 Å². The molecule has 0 spiro atoms. The topological polar surface area (TPSA) is 59.8 Å². The number of thiazole rings is 1. The zero-order valence-corrected chi connectivity index (χ0v) is 9.70. The Hall–Kier alpha value is -1.69. The highest BCUT2D eigenvalue weighted by molar-refractivity contribution is 7.13. The second-order valence-corrected chi connectivity index (χ2v) is 4.15. The zero-order valence-electron chi connectivity index (χ0n) is 8.88. The smallest absolute Gasteiger partial charge is 0.277 e. The summed E-state index contributed by atoms with van der Waals surface area (Å²) in [6.07, 6.45) is 4.45. The van der Waals surface area contributed by atoms with E-state index in [4.69, 9.17) is 0 Å². The van der Waals surface area contributed by atoms with Gasteiger partial charge in [-0.3, -0.25) is 14.8 Å². The first-order valence-corrected chi connectivity index (χ1v) is 5.92. The summed E-state index contributed by atoms with van der Waals surface area (Å²) in [7, 11) is 0. The Kier molecular flexibility index (Phi) is 3.31. The van der Waals surface area contributed by atoms with Gasteiger partial charge in [-0.05, 0) is 12.5 Å². The normalized spacial score (nSPS) is 10.3. The quantitative estimate of drug-likeness (QED) is 0.883. The van der Waals surface area contributed by atoms with Crippen molar-refractivity contribution in [2.45, 2.75) is 19.9 Å². The third-order valence-electron chi connectivity index (χ3n) is 1.98. The molecule has 0 aliphatic rings. The van der Waals surface area contributed by atoms with Gasteiger partial charge in [-0.2, -0.15) is 5.10 Å². The average Bonchev–Trinajstić information content (AvgIpc) is 2.89. The van der Waals surface area contributed by atoms with Crippen LogP contribution in [-0.2, 0) is 6.54 Å². The first-order chi connectivity index (χ1) is 7.79. The van der Waals surface area contributed by atoms with Crippen molar-refractivity contribution in [2.75, 3.05) is 5.32 Å². The number of aromatic nitrogens is 3. The van der Waals surface area contributed by atoms with Gasteiger partial charge in [0.05, 0.1) is 0 Å². The molecule has 0 unspecified atom stereocenters. The lowest BCUT2D eigenvalue weighted by Crippen LogP contribution is -2.13. The van der Waals surface area contributed by atoms with E-state index in [2.05, 4.69) is 22.3 Å². The van der Waals surface area contributed by atoms with Crippen molar-refractivity contribution in [1.82, 2.24) is 14.8 Å². The molecule has 16 heavy (non-hydrogen) atoms. The molecule has 84 valence electrons. The van der Waals surface area contributed by atoms with E-state index in [-0.39, 0.29) is 5.91 Å². The highest BCUT2D eigenvalue weighted by Gasteiger charge is 2.10. The maximum absolute atomic E-state index is 11.7. The zero-order chi connectivity index (χ0) is 11.4. The molecule has 0 aromatic carbocycles. The molecule has 0 saturated heterocycles. The van der Waals surface area contributed by atoms with Crippen LogP contribution in [0.25, 0.3) is 0 Å². The largest absolute Gasteiger partial charge is 0.296 e. The van der Waals surface area contributed by atoms with Crippen molar-refractivity contribution < 1.29 is 4.79 Å². The second kappa shape index (κ2) is 4.89. The van der Waals surface area contributed by atoms with Crippen molar-refractivity contribution in [2.24, 2.45) is 0 Å². The number of nitrogens with one attached hydrogen (secondary N) is 1. The van der Waals surface area contributed by atoms with Crippen LogP contribution in [0.1, 0.15) is 23.8 Å². The molecule has 2 rings (SSSR count). The average molecular weight is 236 g/mol. The predicted octanol–water partition coefficient (Wildman–Crippen LogP) is 2.00. The lowest BCUT2D eigenvalue weighted by molar-refractivity contribution is 0.102. The van der Waals surface area contributed by atoms with Gasteiger partial charge < -0.3 is 0 Å². The van der Waals surface area contributed by atoms with E-state index in [0.29, 0.717) is 10.8 Å². The molecule has 0 aliphatic carbocycles. The summed E-state index contributed by atoms with van der Waals surface area (Å²) in [5.74, 6) is -0.218. The molecule has 0 fully saturated rings. The van der Waals surface area contributed by atoms with Crippen LogP contribution in [0.4, 0.5) is 5.13 Å². The fraction of sp³-hybridized carbons (Fsp3) is 0.300. The number of nitrogens with zero attached hydrogens (tertiary/aromatic N) is 3. The molecular formula is C10H12N4OS. The van der Waals surface area contributed by atoms with E-state index in [1.165, 1.54) is 11.3 Å². The monoisotopic (exact) mass is 236 g/mol. The van der Waals surface area contributed by atoms with Crippen LogP contribution in [0, 0.1) is 0 Å². The standard InChI is InChI=1S/C10H12N4OS/c1-2-5-14-6-3-8(13-14)9(15)12-10-11-4-7-16-10/h3-4,6-7H,2,5H2,1H3,(H,11,12,15). The van der Waals surface area contributed by atoms with E-state index in [1.807, 2.05) is 5.38 Å². The van der Waals surface area contributed by atoms with E-state index in [9.17, 15) is 4.79 Å². The van der Waals surface area contributed by atoms with Crippen LogP contribution in [0.3, 0.4) is 0 Å². The van der Waals surface area contributed by atoms with Gasteiger partial charge in [0.1, 0.15) is 0 Å². The van der Waals surface area contributed by atoms with Crippen molar-refractivity contribution in [3.8, 4) is 0 Å². The number of carbonyl (C=O) groups is 1. The van der Waals surface area contributed by atoms with Crippen molar-refractivity contribution in [1.29, 1.82) is 0 Å². The Morgan fingerprint density at radius 1 is 1.62 bits per heavy atom. The minimum atomic E-state index is -0.218. The first kappa shape index (κ1) is 10.8. The summed E-state index contributed by atoms with van der Waals surface area (Å²) in [5, 5.41) is 9.25. The molecule has 2 aromatic heterocycles. The van der Waals surface area contributed by atoms with Crippen LogP contribution >= 0.6 is 11.3 Å². The highest BCUT2D eigenvalue weighted by atomic mass is 32.1. The Balaban J connectivity index is 2.03. The third-order valence-corrected chi connectivity index (χ3v) is 2.67. The Labute approximate surface area is 97.1 Å². The van der Waals surface area contributed by atoms with Crippen LogP contribution in [0.15, 0.2) is 23.8 Å². The van der Waals surface area contributed by atoms with Crippen LogP contribution in [-0.4, -0.2) is 20.7 Å². The van der Waals surface area contributed by atoms with Gasteiger partial charge in [-0.15, -0.1) is 11.3 Å². The molecule has 5 nitrogen and oxygen atoms in total. The van der Waals surface area contributed by atoms with Gasteiger partial charge in [0.15, 0.2) is 10.8 Å². The van der Waals surface area contributed by atoms with E-state index >= 15 is 0 Å². The van der Waals surface area contributed by atoms with Crippen molar-refractivity contribution >= 4 is 22.4 Å². The van der Waals surface area contributed by atoms with Gasteiger partial charge >= 0.3 is 0 Å². The van der Waals surface area contributed by atoms with Gasteiger partial charge in [-0.1, -0.05) is 6.92 Å². The molecule has 6 heteroatoms. The van der Waals surface area contributed by atoms with E-state index in [0.717, 1.165) is 13.0 Å². The Bertz CT molecular complexity index is 463. The van der Waals surface area contributed by atoms with Crippen molar-refractivity contribution in [3.05, 3.63) is 29.5 Å². The maximum Gasteiger partial charge on any atom is 0.277 e. The van der Waals surface area contributed by atoms with Gasteiger partial charge in [-0.25, -0.2) is 4.98 Å². The first-order valence-electron chi connectivity index (χ1n) is 5.04. The lowest BCUT2D eigenvalue weighted by Gasteiger charge is -1.98. The fourth-order valence-corrected chi connectivity index (χ4v) is 1.81. The number of carbonyl (C=O) groups excluding carboxylic acids is 1. The number of hydrogen-bond donors (Lipinski definition) is 1. The summed E-state index contributed by atoms with van der Waals surface area (Å²) in [4.78, 5) is 15.7. The maximum atomic E-state index is 11.7. The molecule has 2 heterocycles. The Morgan fingerprint density at radius 2 is 2.50 bits per heavy atom. The molecule has 2 aromatic rings. The molecule has 0 saturated carbocycles. The van der Waals surface area contributed by atoms with Gasteiger partial charge in [0.25, 0.3) is 5.91 Å². The molecule has 0 atom stereocenters. The molecular weight excluding hydrogens is 224 g/mol.